The van der Waals surface area contributed by atoms with Gasteiger partial charge in [0.05, 0.1) is 12.0 Å². The standard InChI is InChI=1S/C21H23F2NO/c1-15(16-8-4-2-5-9-16)24-20(25)19-14-21(22,23)13-12-18(19)17-10-6-3-7-11-17/h2-11,15,18-19H,12-14H2,1H3,(H,24,25)/t15-,18+,19-/m0/s1. The fourth-order valence-electron chi connectivity index (χ4n) is 3.65. The van der Waals surface area contributed by atoms with Crippen molar-refractivity contribution in [3.8, 4) is 0 Å². The highest BCUT2D eigenvalue weighted by molar-refractivity contribution is 5.80. The van der Waals surface area contributed by atoms with Gasteiger partial charge in [0.2, 0.25) is 11.8 Å². The zero-order valence-corrected chi connectivity index (χ0v) is 14.3. The Morgan fingerprint density at radius 3 is 2.32 bits per heavy atom. The lowest BCUT2D eigenvalue weighted by molar-refractivity contribution is -0.134. The van der Waals surface area contributed by atoms with Crippen LogP contribution >= 0.6 is 0 Å². The summed E-state index contributed by atoms with van der Waals surface area (Å²) in [6.07, 6.45) is -0.223. The summed E-state index contributed by atoms with van der Waals surface area (Å²) in [5.41, 5.74) is 1.93. The molecule has 1 aliphatic carbocycles. The third-order valence-electron chi connectivity index (χ3n) is 5.05. The fourth-order valence-corrected chi connectivity index (χ4v) is 3.65. The van der Waals surface area contributed by atoms with Gasteiger partial charge in [0.15, 0.2) is 0 Å². The number of amides is 1. The normalized spacial score (nSPS) is 23.6. The van der Waals surface area contributed by atoms with E-state index in [0.717, 1.165) is 11.1 Å². The smallest absolute Gasteiger partial charge is 0.249 e. The highest BCUT2D eigenvalue weighted by Crippen LogP contribution is 2.45. The summed E-state index contributed by atoms with van der Waals surface area (Å²) in [7, 11) is 0. The molecule has 2 nitrogen and oxygen atoms in total. The summed E-state index contributed by atoms with van der Waals surface area (Å²) in [5.74, 6) is -3.94. The molecule has 1 fully saturated rings. The Morgan fingerprint density at radius 1 is 1.08 bits per heavy atom. The Kier molecular flexibility index (Phi) is 5.16. The molecule has 2 aromatic carbocycles. The van der Waals surface area contributed by atoms with Crippen LogP contribution in [0.1, 0.15) is 49.3 Å². The first kappa shape index (κ1) is 17.6. The number of benzene rings is 2. The number of halogens is 2. The molecule has 0 bridgehead atoms. The summed E-state index contributed by atoms with van der Waals surface area (Å²) >= 11 is 0. The third kappa shape index (κ3) is 4.25. The highest BCUT2D eigenvalue weighted by Gasteiger charge is 2.45. The van der Waals surface area contributed by atoms with E-state index in [0.29, 0.717) is 6.42 Å². The van der Waals surface area contributed by atoms with E-state index >= 15 is 0 Å². The van der Waals surface area contributed by atoms with Gasteiger partial charge in [0.25, 0.3) is 0 Å². The molecule has 1 amide bonds. The van der Waals surface area contributed by atoms with Gasteiger partial charge < -0.3 is 5.32 Å². The summed E-state index contributed by atoms with van der Waals surface area (Å²) < 4.78 is 28.0. The van der Waals surface area contributed by atoms with Gasteiger partial charge in [-0.15, -0.1) is 0 Å². The SMILES string of the molecule is C[C@H](NC(=O)[C@H]1CC(F)(F)CC[C@@H]1c1ccccc1)c1ccccc1. The van der Waals surface area contributed by atoms with Crippen molar-refractivity contribution in [1.82, 2.24) is 5.32 Å². The van der Waals surface area contributed by atoms with Gasteiger partial charge in [-0.25, -0.2) is 8.78 Å². The molecule has 1 N–H and O–H groups in total. The Hall–Kier alpha value is -2.23. The van der Waals surface area contributed by atoms with E-state index in [4.69, 9.17) is 0 Å². The quantitative estimate of drug-likeness (QED) is 0.824. The molecular formula is C21H23F2NO. The summed E-state index contributed by atoms with van der Waals surface area (Å²) in [5, 5.41) is 2.93. The van der Waals surface area contributed by atoms with Crippen LogP contribution in [0.5, 0.6) is 0 Å². The number of alkyl halides is 2. The number of nitrogens with one attached hydrogen (secondary N) is 1. The lowest BCUT2D eigenvalue weighted by Crippen LogP contribution is -2.42. The van der Waals surface area contributed by atoms with Crippen LogP contribution in [-0.2, 0) is 4.79 Å². The third-order valence-corrected chi connectivity index (χ3v) is 5.05. The van der Waals surface area contributed by atoms with Gasteiger partial charge in [-0.2, -0.15) is 0 Å². The van der Waals surface area contributed by atoms with Crippen LogP contribution in [-0.4, -0.2) is 11.8 Å². The second kappa shape index (κ2) is 7.34. The topological polar surface area (TPSA) is 29.1 Å². The molecule has 3 rings (SSSR count). The molecule has 0 saturated heterocycles. The number of hydrogen-bond acceptors (Lipinski definition) is 1. The largest absolute Gasteiger partial charge is 0.349 e. The van der Waals surface area contributed by atoms with Gasteiger partial charge in [-0.3, -0.25) is 4.79 Å². The molecule has 3 atom stereocenters. The fraction of sp³-hybridized carbons (Fsp3) is 0.381. The van der Waals surface area contributed by atoms with E-state index in [1.54, 1.807) is 0 Å². The van der Waals surface area contributed by atoms with E-state index in [1.807, 2.05) is 67.6 Å². The molecule has 0 radical (unpaired) electrons. The van der Waals surface area contributed by atoms with Crippen molar-refractivity contribution in [2.24, 2.45) is 5.92 Å². The van der Waals surface area contributed by atoms with Crippen molar-refractivity contribution in [2.45, 2.75) is 44.1 Å². The molecule has 0 spiro atoms. The molecule has 0 aliphatic heterocycles. The first-order chi connectivity index (χ1) is 12.0. The zero-order chi connectivity index (χ0) is 17.9. The predicted molar refractivity (Wildman–Crippen MR) is 94.5 cm³/mol. The maximum absolute atomic E-state index is 14.0. The number of carbonyl (C=O) groups is 1. The second-order valence-electron chi connectivity index (χ2n) is 6.86. The van der Waals surface area contributed by atoms with Gasteiger partial charge >= 0.3 is 0 Å². The monoisotopic (exact) mass is 343 g/mol. The first-order valence-corrected chi connectivity index (χ1v) is 8.74. The maximum Gasteiger partial charge on any atom is 0.249 e. The Labute approximate surface area is 147 Å². The zero-order valence-electron chi connectivity index (χ0n) is 14.3. The lowest BCUT2D eigenvalue weighted by atomic mass is 9.73. The molecule has 1 saturated carbocycles. The van der Waals surface area contributed by atoms with Crippen LogP contribution < -0.4 is 5.32 Å². The highest BCUT2D eigenvalue weighted by atomic mass is 19.3. The number of hydrogen-bond donors (Lipinski definition) is 1. The Morgan fingerprint density at radius 2 is 1.68 bits per heavy atom. The lowest BCUT2D eigenvalue weighted by Gasteiger charge is -2.36. The minimum Gasteiger partial charge on any atom is -0.349 e. The Bertz CT molecular complexity index is 702. The second-order valence-corrected chi connectivity index (χ2v) is 6.86. The van der Waals surface area contributed by atoms with Crippen LogP contribution in [0.4, 0.5) is 8.78 Å². The molecule has 2 aromatic rings. The Balaban J connectivity index is 1.78. The average Bonchev–Trinajstić information content (AvgIpc) is 2.62. The van der Waals surface area contributed by atoms with Crippen molar-refractivity contribution in [3.05, 3.63) is 71.8 Å². The van der Waals surface area contributed by atoms with Crippen LogP contribution in [0, 0.1) is 5.92 Å². The van der Waals surface area contributed by atoms with E-state index in [-0.39, 0.29) is 30.7 Å². The van der Waals surface area contributed by atoms with E-state index < -0.39 is 11.8 Å². The number of rotatable bonds is 4. The molecule has 4 heteroatoms. The minimum absolute atomic E-state index is 0.162. The van der Waals surface area contributed by atoms with Crippen molar-refractivity contribution in [2.75, 3.05) is 0 Å². The van der Waals surface area contributed by atoms with Gasteiger partial charge in [0.1, 0.15) is 0 Å². The summed E-state index contributed by atoms with van der Waals surface area (Å²) in [6.45, 7) is 1.88. The van der Waals surface area contributed by atoms with Gasteiger partial charge in [-0.1, -0.05) is 60.7 Å². The average molecular weight is 343 g/mol. The number of carbonyl (C=O) groups excluding carboxylic acids is 1. The molecule has 132 valence electrons. The van der Waals surface area contributed by atoms with E-state index in [2.05, 4.69) is 5.32 Å². The summed E-state index contributed by atoms with van der Waals surface area (Å²) in [4.78, 5) is 12.8. The van der Waals surface area contributed by atoms with E-state index in [9.17, 15) is 13.6 Å². The van der Waals surface area contributed by atoms with Gasteiger partial charge in [0, 0.05) is 12.8 Å². The van der Waals surface area contributed by atoms with Crippen LogP contribution in [0.3, 0.4) is 0 Å². The summed E-state index contributed by atoms with van der Waals surface area (Å²) in [6, 6.07) is 18.9. The minimum atomic E-state index is -2.77. The van der Waals surface area contributed by atoms with Crippen molar-refractivity contribution >= 4 is 5.91 Å². The van der Waals surface area contributed by atoms with Crippen molar-refractivity contribution in [1.29, 1.82) is 0 Å². The first-order valence-electron chi connectivity index (χ1n) is 8.74. The van der Waals surface area contributed by atoms with Gasteiger partial charge in [-0.05, 0) is 30.4 Å². The molecule has 1 aliphatic rings. The van der Waals surface area contributed by atoms with Crippen molar-refractivity contribution < 1.29 is 13.6 Å². The molecule has 0 aromatic heterocycles. The molecule has 25 heavy (non-hydrogen) atoms. The van der Waals surface area contributed by atoms with Crippen molar-refractivity contribution in [3.63, 3.8) is 0 Å². The molecule has 0 unspecified atom stereocenters. The maximum atomic E-state index is 14.0. The van der Waals surface area contributed by atoms with Crippen LogP contribution in [0.25, 0.3) is 0 Å². The van der Waals surface area contributed by atoms with E-state index in [1.165, 1.54) is 0 Å². The molecular weight excluding hydrogens is 320 g/mol. The predicted octanol–water partition coefficient (Wildman–Crippen LogP) is 5.08. The van der Waals surface area contributed by atoms with Crippen LogP contribution in [0.15, 0.2) is 60.7 Å². The van der Waals surface area contributed by atoms with Crippen LogP contribution in [0.2, 0.25) is 0 Å². The molecule has 0 heterocycles.